The molecule has 2 fully saturated rings. The van der Waals surface area contributed by atoms with E-state index in [1.807, 2.05) is 0 Å². The lowest BCUT2D eigenvalue weighted by Crippen LogP contribution is -2.35. The first-order valence-electron chi connectivity index (χ1n) is 5.66. The van der Waals surface area contributed by atoms with Gasteiger partial charge in [-0.25, -0.2) is 0 Å². The Morgan fingerprint density at radius 1 is 1.43 bits per heavy atom. The highest BCUT2D eigenvalue weighted by Crippen LogP contribution is 2.71. The van der Waals surface area contributed by atoms with Crippen LogP contribution in [0.5, 0.6) is 0 Å². The molecule has 2 saturated carbocycles. The Labute approximate surface area is 87.2 Å². The van der Waals surface area contributed by atoms with Gasteiger partial charge in [0.05, 0.1) is 5.60 Å². The largest absolute Gasteiger partial charge is 0.356 e. The molecule has 0 saturated heterocycles. The van der Waals surface area contributed by atoms with E-state index in [0.717, 1.165) is 12.3 Å². The Morgan fingerprint density at radius 2 is 2.07 bits per heavy atom. The van der Waals surface area contributed by atoms with E-state index in [1.54, 1.807) is 0 Å². The van der Waals surface area contributed by atoms with Crippen LogP contribution in [0.4, 0.5) is 0 Å². The first-order chi connectivity index (χ1) is 6.40. The van der Waals surface area contributed by atoms with Crippen LogP contribution < -0.4 is 5.73 Å². The van der Waals surface area contributed by atoms with Crippen molar-refractivity contribution in [3.05, 3.63) is 6.92 Å². The van der Waals surface area contributed by atoms with Gasteiger partial charge in [0.15, 0.2) is 0 Å². The van der Waals surface area contributed by atoms with Crippen molar-refractivity contribution in [1.82, 2.24) is 0 Å². The summed E-state index contributed by atoms with van der Waals surface area (Å²) in [4.78, 5) is 0. The monoisotopic (exact) mass is 196 g/mol. The third-order valence-electron chi connectivity index (χ3n) is 4.40. The molecule has 2 nitrogen and oxygen atoms in total. The van der Waals surface area contributed by atoms with Crippen molar-refractivity contribution in [3.8, 4) is 0 Å². The van der Waals surface area contributed by atoms with E-state index in [9.17, 15) is 0 Å². The van der Waals surface area contributed by atoms with E-state index in [0.29, 0.717) is 11.3 Å². The fraction of sp³-hybridized carbons (Fsp3) is 0.917. The summed E-state index contributed by atoms with van der Waals surface area (Å²) < 4.78 is 5.91. The Kier molecular flexibility index (Phi) is 2.20. The van der Waals surface area contributed by atoms with E-state index >= 15 is 0 Å². The molecule has 2 heteroatoms. The molecular weight excluding hydrogens is 174 g/mol. The summed E-state index contributed by atoms with van der Waals surface area (Å²) in [5, 5.41) is 0. The molecule has 4 unspecified atom stereocenters. The van der Waals surface area contributed by atoms with Gasteiger partial charge in [0, 0.05) is 0 Å². The standard InChI is InChI=1S/C12H22NO/c1-8-5-6-10-11(3,4)12(10,7-8)14-9(2)13/h8-10H,2,5-7,13H2,1,3-4H3. The van der Waals surface area contributed by atoms with Gasteiger partial charge in [0.2, 0.25) is 0 Å². The van der Waals surface area contributed by atoms with Crippen LogP contribution in [0.2, 0.25) is 0 Å². The fourth-order valence-corrected chi connectivity index (χ4v) is 3.55. The second kappa shape index (κ2) is 2.96. The normalized spacial score (nSPS) is 46.9. The molecule has 1 radical (unpaired) electrons. The topological polar surface area (TPSA) is 35.2 Å². The fourth-order valence-electron chi connectivity index (χ4n) is 3.55. The zero-order chi connectivity index (χ0) is 10.6. The van der Waals surface area contributed by atoms with Gasteiger partial charge in [0.1, 0.15) is 6.23 Å². The van der Waals surface area contributed by atoms with E-state index in [2.05, 4.69) is 27.7 Å². The zero-order valence-electron chi connectivity index (χ0n) is 9.55. The highest BCUT2D eigenvalue weighted by atomic mass is 16.5. The third-order valence-corrected chi connectivity index (χ3v) is 4.40. The van der Waals surface area contributed by atoms with Gasteiger partial charge in [-0.15, -0.1) is 0 Å². The van der Waals surface area contributed by atoms with Crippen molar-refractivity contribution < 1.29 is 4.74 Å². The van der Waals surface area contributed by atoms with Gasteiger partial charge in [0.25, 0.3) is 0 Å². The lowest BCUT2D eigenvalue weighted by atomic mass is 9.88. The molecule has 0 aliphatic heterocycles. The molecule has 0 spiro atoms. The smallest absolute Gasteiger partial charge is 0.106 e. The van der Waals surface area contributed by atoms with E-state index < -0.39 is 0 Å². The quantitative estimate of drug-likeness (QED) is 0.688. The van der Waals surface area contributed by atoms with Crippen LogP contribution in [-0.4, -0.2) is 11.8 Å². The number of fused-ring (bicyclic) bond motifs is 1. The van der Waals surface area contributed by atoms with Crippen LogP contribution in [0, 0.1) is 24.2 Å². The predicted octanol–water partition coefficient (Wildman–Crippen LogP) is 2.34. The van der Waals surface area contributed by atoms with Crippen LogP contribution in [-0.2, 0) is 4.74 Å². The molecule has 0 aromatic carbocycles. The second-order valence-electron chi connectivity index (χ2n) is 5.71. The number of rotatable bonds is 2. The molecule has 81 valence electrons. The number of hydrogen-bond donors (Lipinski definition) is 1. The first-order valence-corrected chi connectivity index (χ1v) is 5.66. The highest BCUT2D eigenvalue weighted by molar-refractivity contribution is 5.22. The summed E-state index contributed by atoms with van der Waals surface area (Å²) in [5.74, 6) is 1.48. The molecule has 14 heavy (non-hydrogen) atoms. The second-order valence-corrected chi connectivity index (χ2v) is 5.71. The van der Waals surface area contributed by atoms with Crippen molar-refractivity contribution in [2.75, 3.05) is 0 Å². The van der Waals surface area contributed by atoms with Crippen molar-refractivity contribution in [3.63, 3.8) is 0 Å². The summed E-state index contributed by atoms with van der Waals surface area (Å²) >= 11 is 0. The van der Waals surface area contributed by atoms with Gasteiger partial charge >= 0.3 is 0 Å². The Balaban J connectivity index is 2.15. The maximum atomic E-state index is 5.91. The zero-order valence-corrected chi connectivity index (χ0v) is 9.55. The van der Waals surface area contributed by atoms with Crippen LogP contribution >= 0.6 is 0 Å². The summed E-state index contributed by atoms with van der Waals surface area (Å²) in [6.07, 6.45) is 3.42. The molecule has 0 heterocycles. The molecule has 2 rings (SSSR count). The lowest BCUT2D eigenvalue weighted by Gasteiger charge is -2.29. The summed E-state index contributed by atoms with van der Waals surface area (Å²) in [6.45, 7) is 10.7. The third kappa shape index (κ3) is 1.24. The molecule has 2 aliphatic carbocycles. The van der Waals surface area contributed by atoms with Gasteiger partial charge < -0.3 is 10.5 Å². The molecule has 2 aliphatic rings. The first kappa shape index (κ1) is 10.4. The van der Waals surface area contributed by atoms with Gasteiger partial charge in [-0.3, -0.25) is 0 Å². The predicted molar refractivity (Wildman–Crippen MR) is 57.4 cm³/mol. The SMILES string of the molecule is [CH2]C(N)OC12CC(C)CCC1C2(C)C. The van der Waals surface area contributed by atoms with Crippen molar-refractivity contribution in [2.24, 2.45) is 23.0 Å². The van der Waals surface area contributed by atoms with Crippen molar-refractivity contribution in [2.45, 2.75) is 51.9 Å². The highest BCUT2D eigenvalue weighted by Gasteiger charge is 2.73. The average Bonchev–Trinajstić information content (AvgIpc) is 2.45. The molecule has 4 atom stereocenters. The van der Waals surface area contributed by atoms with Crippen molar-refractivity contribution in [1.29, 1.82) is 0 Å². The Morgan fingerprint density at radius 3 is 2.64 bits per heavy atom. The van der Waals surface area contributed by atoms with E-state index in [-0.39, 0.29) is 11.8 Å². The minimum absolute atomic E-state index is 0.0475. The van der Waals surface area contributed by atoms with E-state index in [1.165, 1.54) is 12.8 Å². The van der Waals surface area contributed by atoms with Crippen LogP contribution in [0.25, 0.3) is 0 Å². The number of nitrogens with two attached hydrogens (primary N) is 1. The van der Waals surface area contributed by atoms with Crippen LogP contribution in [0.15, 0.2) is 0 Å². The molecular formula is C12H22NO. The lowest BCUT2D eigenvalue weighted by molar-refractivity contribution is -0.0544. The van der Waals surface area contributed by atoms with Gasteiger partial charge in [-0.1, -0.05) is 27.2 Å². The summed E-state index contributed by atoms with van der Waals surface area (Å²) in [7, 11) is 0. The van der Waals surface area contributed by atoms with Gasteiger partial charge in [-0.2, -0.15) is 0 Å². The average molecular weight is 196 g/mol. The van der Waals surface area contributed by atoms with Crippen LogP contribution in [0.3, 0.4) is 0 Å². The van der Waals surface area contributed by atoms with Crippen LogP contribution in [0.1, 0.15) is 40.0 Å². The maximum absolute atomic E-state index is 5.91. The molecule has 0 aromatic rings. The summed E-state index contributed by atoms with van der Waals surface area (Å²) in [6, 6.07) is 0. The van der Waals surface area contributed by atoms with E-state index in [4.69, 9.17) is 10.5 Å². The minimum atomic E-state index is -0.371. The molecule has 0 bridgehead atoms. The molecule has 0 aromatic heterocycles. The Hall–Kier alpha value is -0.0800. The summed E-state index contributed by atoms with van der Waals surface area (Å²) in [5.41, 5.74) is 6.03. The molecule has 0 amide bonds. The molecule has 2 N–H and O–H groups in total. The number of ether oxygens (including phenoxy) is 1. The minimum Gasteiger partial charge on any atom is -0.356 e. The Bertz CT molecular complexity index is 232. The number of hydrogen-bond acceptors (Lipinski definition) is 2. The maximum Gasteiger partial charge on any atom is 0.106 e. The van der Waals surface area contributed by atoms with Gasteiger partial charge in [-0.05, 0) is 37.0 Å². The van der Waals surface area contributed by atoms with Crippen molar-refractivity contribution >= 4 is 0 Å².